The molecule has 0 bridgehead atoms. The van der Waals surface area contributed by atoms with E-state index in [4.69, 9.17) is 4.98 Å². The fourth-order valence-corrected chi connectivity index (χ4v) is 5.36. The van der Waals surface area contributed by atoms with E-state index in [1.807, 2.05) is 6.07 Å². The highest BCUT2D eigenvalue weighted by molar-refractivity contribution is 7.17. The molecule has 7 nitrogen and oxygen atoms in total. The molecule has 3 aromatic rings. The summed E-state index contributed by atoms with van der Waals surface area (Å²) >= 11 is 1.36. The Morgan fingerprint density at radius 1 is 1.23 bits per heavy atom. The Morgan fingerprint density at radius 3 is 2.73 bits per heavy atom. The maximum Gasteiger partial charge on any atom is 0.264 e. The largest absolute Gasteiger partial charge is 0.389 e. The lowest BCUT2D eigenvalue weighted by atomic mass is 9.71. The fraction of sp³-hybridized carbons (Fsp3) is 0.455. The molecule has 3 aromatic heterocycles. The highest BCUT2D eigenvalue weighted by Gasteiger charge is 2.36. The van der Waals surface area contributed by atoms with Gasteiger partial charge in [-0.3, -0.25) is 9.59 Å². The van der Waals surface area contributed by atoms with Gasteiger partial charge in [-0.05, 0) is 25.0 Å². The number of fused-ring (bicyclic) bond motifs is 1. The Hall–Kier alpha value is -2.58. The van der Waals surface area contributed by atoms with Crippen molar-refractivity contribution >= 4 is 34.2 Å². The number of aromatic amines is 1. The van der Waals surface area contributed by atoms with E-state index in [2.05, 4.69) is 16.9 Å². The van der Waals surface area contributed by atoms with Crippen LogP contribution >= 0.6 is 11.3 Å². The Labute approximate surface area is 178 Å². The van der Waals surface area contributed by atoms with Crippen LogP contribution in [0.15, 0.2) is 24.5 Å². The zero-order chi connectivity index (χ0) is 20.9. The minimum Gasteiger partial charge on any atom is -0.389 e. The topological polar surface area (TPSA) is 99.2 Å². The summed E-state index contributed by atoms with van der Waals surface area (Å²) in [6, 6.07) is 3.64. The lowest BCUT2D eigenvalue weighted by molar-refractivity contribution is 0.00623. The number of likely N-dealkylation sites (tertiary alicyclic amines) is 1. The predicted molar refractivity (Wildman–Crippen MR) is 115 cm³/mol. The molecule has 5 rings (SSSR count). The Morgan fingerprint density at radius 2 is 2.00 bits per heavy atom. The first-order valence-electron chi connectivity index (χ1n) is 10.4. The van der Waals surface area contributed by atoms with Crippen LogP contribution < -0.4 is 0 Å². The van der Waals surface area contributed by atoms with Crippen molar-refractivity contribution in [2.75, 3.05) is 13.1 Å². The number of aromatic nitrogens is 3. The summed E-state index contributed by atoms with van der Waals surface area (Å²) in [4.78, 5) is 41.2. The van der Waals surface area contributed by atoms with E-state index in [1.165, 1.54) is 17.8 Å². The van der Waals surface area contributed by atoms with Gasteiger partial charge in [-0.1, -0.05) is 26.2 Å². The normalized spacial score (nSPS) is 19.1. The second kappa shape index (κ2) is 7.28. The van der Waals surface area contributed by atoms with Crippen LogP contribution in [-0.4, -0.2) is 55.8 Å². The number of H-pyrrole nitrogens is 1. The molecule has 1 aliphatic carbocycles. The quantitative estimate of drug-likeness (QED) is 0.623. The molecule has 1 saturated carbocycles. The van der Waals surface area contributed by atoms with Crippen LogP contribution in [0.5, 0.6) is 0 Å². The lowest BCUT2D eigenvalue weighted by Crippen LogP contribution is -2.53. The van der Waals surface area contributed by atoms with Gasteiger partial charge in [-0.15, -0.1) is 11.3 Å². The third-order valence-electron chi connectivity index (χ3n) is 6.35. The van der Waals surface area contributed by atoms with Crippen molar-refractivity contribution in [3.63, 3.8) is 0 Å². The number of hydrogen-bond acceptors (Lipinski definition) is 6. The molecule has 30 heavy (non-hydrogen) atoms. The molecular weight excluding hydrogens is 400 g/mol. The van der Waals surface area contributed by atoms with Gasteiger partial charge in [0.05, 0.1) is 33.3 Å². The number of amides is 1. The van der Waals surface area contributed by atoms with Crippen LogP contribution in [0, 0.1) is 5.41 Å². The second-order valence-electron chi connectivity index (χ2n) is 8.63. The summed E-state index contributed by atoms with van der Waals surface area (Å²) in [5, 5.41) is 9.42. The van der Waals surface area contributed by atoms with Crippen molar-refractivity contribution in [2.24, 2.45) is 5.41 Å². The molecule has 1 aliphatic heterocycles. The first-order valence-corrected chi connectivity index (χ1v) is 11.2. The number of rotatable bonds is 4. The molecule has 4 heterocycles. The standard InChI is InChI=1S/C22H24N4O3S/c1-22(7-3-2-4-8-22)19(28)14-9-23-20-18(14)25-15(10-24-20)16-5-6-17(30-16)21(29)26-11-13(27)12-26/h5-6,9-10,13,27H,2-4,7-8,11-12H2,1H3,(H,23,24). The minimum absolute atomic E-state index is 0.0756. The first-order chi connectivity index (χ1) is 14.4. The van der Waals surface area contributed by atoms with Crippen LogP contribution in [0.4, 0.5) is 0 Å². The molecule has 2 aliphatic rings. The molecular formula is C22H24N4O3S. The minimum atomic E-state index is -0.419. The Balaban J connectivity index is 1.45. The van der Waals surface area contributed by atoms with E-state index in [1.54, 1.807) is 23.4 Å². The number of carbonyl (C=O) groups excluding carboxylic acids is 2. The van der Waals surface area contributed by atoms with Gasteiger partial charge in [0.2, 0.25) is 0 Å². The van der Waals surface area contributed by atoms with Crippen LogP contribution in [0.2, 0.25) is 0 Å². The van der Waals surface area contributed by atoms with E-state index >= 15 is 0 Å². The third-order valence-corrected chi connectivity index (χ3v) is 7.45. The smallest absolute Gasteiger partial charge is 0.264 e. The van der Waals surface area contributed by atoms with Gasteiger partial charge in [0.25, 0.3) is 5.91 Å². The number of thiophene rings is 1. The molecule has 156 valence electrons. The van der Waals surface area contributed by atoms with E-state index in [-0.39, 0.29) is 17.1 Å². The fourth-order valence-electron chi connectivity index (χ4n) is 4.43. The number of aliphatic hydroxyl groups is 1. The van der Waals surface area contributed by atoms with E-state index in [9.17, 15) is 14.7 Å². The van der Waals surface area contributed by atoms with Crippen molar-refractivity contribution in [1.82, 2.24) is 19.9 Å². The van der Waals surface area contributed by atoms with Crippen LogP contribution in [-0.2, 0) is 0 Å². The number of aliphatic hydroxyl groups excluding tert-OH is 1. The van der Waals surface area contributed by atoms with Gasteiger partial charge in [0, 0.05) is 24.7 Å². The molecule has 2 fully saturated rings. The number of β-amino-alcohol motifs (C(OH)–C–C–N with tert-alkyl or cyclic N) is 1. The zero-order valence-electron chi connectivity index (χ0n) is 16.9. The summed E-state index contributed by atoms with van der Waals surface area (Å²) < 4.78 is 0. The van der Waals surface area contributed by atoms with Gasteiger partial charge in [0.15, 0.2) is 11.4 Å². The van der Waals surface area contributed by atoms with Crippen molar-refractivity contribution in [1.29, 1.82) is 0 Å². The molecule has 8 heteroatoms. The second-order valence-corrected chi connectivity index (χ2v) is 9.72. The van der Waals surface area contributed by atoms with Crippen molar-refractivity contribution < 1.29 is 14.7 Å². The van der Waals surface area contributed by atoms with Gasteiger partial charge >= 0.3 is 0 Å². The number of carbonyl (C=O) groups is 2. The highest BCUT2D eigenvalue weighted by atomic mass is 32.1. The molecule has 0 radical (unpaired) electrons. The summed E-state index contributed by atoms with van der Waals surface area (Å²) in [5.74, 6) is 0.0617. The monoisotopic (exact) mass is 424 g/mol. The van der Waals surface area contributed by atoms with Gasteiger partial charge in [-0.2, -0.15) is 0 Å². The average Bonchev–Trinajstić information content (AvgIpc) is 3.38. The third kappa shape index (κ3) is 3.24. The number of hydrogen-bond donors (Lipinski definition) is 2. The van der Waals surface area contributed by atoms with Gasteiger partial charge < -0.3 is 15.0 Å². The van der Waals surface area contributed by atoms with Crippen molar-refractivity contribution in [3.8, 4) is 10.6 Å². The number of Topliss-reactive ketones (excluding diaryl/α,β-unsaturated/α-hetero) is 1. The van der Waals surface area contributed by atoms with Crippen molar-refractivity contribution in [2.45, 2.75) is 45.1 Å². The molecule has 0 spiro atoms. The summed E-state index contributed by atoms with van der Waals surface area (Å²) in [5.41, 5.74) is 2.11. The SMILES string of the molecule is CC1(C(=O)c2c[nH]c3ncc(-c4ccc(C(=O)N5CC(O)C5)s4)nc23)CCCCC1. The number of nitrogens with one attached hydrogen (secondary N) is 1. The van der Waals surface area contributed by atoms with Crippen LogP contribution in [0.3, 0.4) is 0 Å². The van der Waals surface area contributed by atoms with Gasteiger partial charge in [0.1, 0.15) is 5.52 Å². The summed E-state index contributed by atoms with van der Waals surface area (Å²) in [6.45, 7) is 2.82. The van der Waals surface area contributed by atoms with Crippen LogP contribution in [0.25, 0.3) is 21.7 Å². The van der Waals surface area contributed by atoms with Gasteiger partial charge in [-0.25, -0.2) is 9.97 Å². The maximum absolute atomic E-state index is 13.3. The van der Waals surface area contributed by atoms with E-state index in [0.717, 1.165) is 30.6 Å². The van der Waals surface area contributed by atoms with Crippen molar-refractivity contribution in [3.05, 3.63) is 35.0 Å². The molecule has 0 unspecified atom stereocenters. The predicted octanol–water partition coefficient (Wildman–Crippen LogP) is 3.66. The summed E-state index contributed by atoms with van der Waals surface area (Å²) in [6.07, 6.45) is 8.16. The molecule has 0 atom stereocenters. The maximum atomic E-state index is 13.3. The molecule has 1 saturated heterocycles. The number of ketones is 1. The Bertz CT molecular complexity index is 1120. The number of nitrogens with zero attached hydrogens (tertiary/aromatic N) is 3. The zero-order valence-corrected chi connectivity index (χ0v) is 17.7. The van der Waals surface area contributed by atoms with E-state index in [0.29, 0.717) is 40.4 Å². The molecule has 1 amide bonds. The highest BCUT2D eigenvalue weighted by Crippen LogP contribution is 2.40. The average molecular weight is 425 g/mol. The first kappa shape index (κ1) is 19.4. The van der Waals surface area contributed by atoms with Crippen LogP contribution in [0.1, 0.15) is 59.1 Å². The van der Waals surface area contributed by atoms with E-state index < -0.39 is 6.10 Å². The lowest BCUT2D eigenvalue weighted by Gasteiger charge is -2.35. The Kier molecular flexibility index (Phi) is 4.71. The molecule has 0 aromatic carbocycles. The molecule has 2 N–H and O–H groups in total. The summed E-state index contributed by atoms with van der Waals surface area (Å²) in [7, 11) is 0.